The second-order valence-corrected chi connectivity index (χ2v) is 5.66. The fourth-order valence-corrected chi connectivity index (χ4v) is 2.31. The number of hydrazine groups is 1. The van der Waals surface area contributed by atoms with Crippen LogP contribution in [0.5, 0.6) is 0 Å². The minimum Gasteiger partial charge on any atom is -0.298 e. The molecule has 0 aliphatic heterocycles. The molecule has 0 aliphatic rings. The molecule has 0 aromatic heterocycles. The second kappa shape index (κ2) is 6.47. The van der Waals surface area contributed by atoms with E-state index in [1.807, 2.05) is 6.07 Å². The van der Waals surface area contributed by atoms with Gasteiger partial charge in [0.05, 0.1) is 11.4 Å². The molecule has 0 bridgehead atoms. The highest BCUT2D eigenvalue weighted by atomic mass is 15.5. The zero-order valence-corrected chi connectivity index (χ0v) is 12.8. The van der Waals surface area contributed by atoms with Gasteiger partial charge in [0.2, 0.25) is 0 Å². The Bertz CT molecular complexity index is 532. The molecule has 0 heterocycles. The van der Waals surface area contributed by atoms with Crippen molar-refractivity contribution in [2.24, 2.45) is 0 Å². The van der Waals surface area contributed by atoms with E-state index in [0.29, 0.717) is 12.0 Å². The van der Waals surface area contributed by atoms with E-state index < -0.39 is 0 Å². The standard InChI is InChI=1S/C18H24N2/c1-14(2)17-12-8-9-13-18(17)20(15(3)4)19-16-10-6-5-7-11-16/h5-15,19H,1-4H3. The maximum atomic E-state index is 3.52. The molecule has 0 fully saturated rings. The Kier molecular flexibility index (Phi) is 4.67. The smallest absolute Gasteiger partial charge is 0.0609 e. The van der Waals surface area contributed by atoms with Gasteiger partial charge in [0.15, 0.2) is 0 Å². The number of hydrogen-bond donors (Lipinski definition) is 1. The van der Waals surface area contributed by atoms with Crippen molar-refractivity contribution in [3.63, 3.8) is 0 Å². The van der Waals surface area contributed by atoms with Crippen LogP contribution in [0.1, 0.15) is 39.2 Å². The van der Waals surface area contributed by atoms with Crippen LogP contribution in [0.2, 0.25) is 0 Å². The second-order valence-electron chi connectivity index (χ2n) is 5.66. The van der Waals surface area contributed by atoms with Crippen molar-refractivity contribution in [1.29, 1.82) is 0 Å². The van der Waals surface area contributed by atoms with Gasteiger partial charge in [0, 0.05) is 6.04 Å². The van der Waals surface area contributed by atoms with Gasteiger partial charge in [0.25, 0.3) is 0 Å². The first-order valence-corrected chi connectivity index (χ1v) is 7.29. The fourth-order valence-electron chi connectivity index (χ4n) is 2.31. The first-order valence-electron chi connectivity index (χ1n) is 7.29. The van der Waals surface area contributed by atoms with Crippen LogP contribution in [0.25, 0.3) is 0 Å². The average molecular weight is 268 g/mol. The van der Waals surface area contributed by atoms with Crippen LogP contribution < -0.4 is 10.4 Å². The van der Waals surface area contributed by atoms with E-state index in [1.165, 1.54) is 11.3 Å². The first-order chi connectivity index (χ1) is 9.59. The summed E-state index contributed by atoms with van der Waals surface area (Å²) in [5.74, 6) is 0.505. The highest BCUT2D eigenvalue weighted by molar-refractivity contribution is 5.60. The first kappa shape index (κ1) is 14.4. The van der Waals surface area contributed by atoms with E-state index in [9.17, 15) is 0 Å². The molecule has 0 saturated carbocycles. The maximum absolute atomic E-state index is 3.52. The van der Waals surface area contributed by atoms with Crippen LogP contribution in [0.15, 0.2) is 54.6 Å². The van der Waals surface area contributed by atoms with Gasteiger partial charge in [-0.2, -0.15) is 0 Å². The molecule has 2 nitrogen and oxygen atoms in total. The van der Waals surface area contributed by atoms with Gasteiger partial charge in [-0.15, -0.1) is 0 Å². The van der Waals surface area contributed by atoms with E-state index in [0.717, 1.165) is 5.69 Å². The number of nitrogens with zero attached hydrogens (tertiary/aromatic N) is 1. The predicted octanol–water partition coefficient (Wildman–Crippen LogP) is 5.05. The monoisotopic (exact) mass is 268 g/mol. The molecule has 0 atom stereocenters. The van der Waals surface area contributed by atoms with E-state index in [-0.39, 0.29) is 0 Å². The summed E-state index contributed by atoms with van der Waals surface area (Å²) >= 11 is 0. The minimum atomic E-state index is 0.370. The number of benzene rings is 2. The molecule has 0 unspecified atom stereocenters. The van der Waals surface area contributed by atoms with Crippen molar-refractivity contribution >= 4 is 11.4 Å². The third-order valence-electron chi connectivity index (χ3n) is 3.36. The van der Waals surface area contributed by atoms with E-state index in [2.05, 4.69) is 86.7 Å². The summed E-state index contributed by atoms with van der Waals surface area (Å²) < 4.78 is 0. The normalized spacial score (nSPS) is 10.9. The summed E-state index contributed by atoms with van der Waals surface area (Å²) in [6, 6.07) is 19.3. The molecule has 2 heteroatoms. The third kappa shape index (κ3) is 3.32. The van der Waals surface area contributed by atoms with E-state index >= 15 is 0 Å². The van der Waals surface area contributed by atoms with Crippen LogP contribution in [-0.2, 0) is 0 Å². The van der Waals surface area contributed by atoms with Crippen molar-refractivity contribution in [3.05, 3.63) is 60.2 Å². The fraction of sp³-hybridized carbons (Fsp3) is 0.333. The summed E-state index contributed by atoms with van der Waals surface area (Å²) in [5, 5.41) is 2.24. The molecule has 2 rings (SSSR count). The van der Waals surface area contributed by atoms with E-state index in [4.69, 9.17) is 0 Å². The van der Waals surface area contributed by atoms with Crippen LogP contribution in [0.4, 0.5) is 11.4 Å². The zero-order valence-electron chi connectivity index (χ0n) is 12.8. The molecule has 0 spiro atoms. The quantitative estimate of drug-likeness (QED) is 0.763. The van der Waals surface area contributed by atoms with Crippen molar-refractivity contribution in [2.45, 2.75) is 39.7 Å². The van der Waals surface area contributed by atoms with Crippen LogP contribution >= 0.6 is 0 Å². The Morgan fingerprint density at radius 1 is 0.800 bits per heavy atom. The highest BCUT2D eigenvalue weighted by Crippen LogP contribution is 2.29. The minimum absolute atomic E-state index is 0.370. The molecular formula is C18H24N2. The van der Waals surface area contributed by atoms with Gasteiger partial charge in [-0.1, -0.05) is 50.2 Å². The summed E-state index contributed by atoms with van der Waals surface area (Å²) in [5.41, 5.74) is 7.25. The average Bonchev–Trinajstić information content (AvgIpc) is 2.45. The molecule has 106 valence electrons. The van der Waals surface area contributed by atoms with Crippen molar-refractivity contribution in [2.75, 3.05) is 10.4 Å². The highest BCUT2D eigenvalue weighted by Gasteiger charge is 2.15. The number of hydrogen-bond acceptors (Lipinski definition) is 2. The van der Waals surface area contributed by atoms with Gasteiger partial charge < -0.3 is 0 Å². The Morgan fingerprint density at radius 2 is 1.40 bits per heavy atom. The summed E-state index contributed by atoms with van der Waals surface area (Å²) in [4.78, 5) is 0. The van der Waals surface area contributed by atoms with Crippen LogP contribution in [-0.4, -0.2) is 6.04 Å². The summed E-state index contributed by atoms with van der Waals surface area (Å²) in [7, 11) is 0. The largest absolute Gasteiger partial charge is 0.298 e. The van der Waals surface area contributed by atoms with Crippen LogP contribution in [0, 0.1) is 0 Å². The summed E-state index contributed by atoms with van der Waals surface area (Å²) in [6.45, 7) is 8.87. The molecule has 2 aromatic rings. The number of para-hydroxylation sites is 2. The molecule has 0 amide bonds. The SMILES string of the molecule is CC(C)c1ccccc1N(Nc1ccccc1)C(C)C. The lowest BCUT2D eigenvalue weighted by atomic mass is 10.0. The molecule has 0 aliphatic carbocycles. The van der Waals surface area contributed by atoms with Gasteiger partial charge in [-0.05, 0) is 43.5 Å². The molecule has 2 aromatic carbocycles. The number of rotatable bonds is 5. The Hall–Kier alpha value is -1.96. The zero-order chi connectivity index (χ0) is 14.5. The predicted molar refractivity (Wildman–Crippen MR) is 88.2 cm³/mol. The van der Waals surface area contributed by atoms with Crippen molar-refractivity contribution in [1.82, 2.24) is 0 Å². The van der Waals surface area contributed by atoms with Gasteiger partial charge in [-0.3, -0.25) is 10.4 Å². The Labute approximate surface area is 122 Å². The van der Waals surface area contributed by atoms with E-state index in [1.54, 1.807) is 0 Å². The third-order valence-corrected chi connectivity index (χ3v) is 3.36. The molecular weight excluding hydrogens is 244 g/mol. The molecule has 0 saturated heterocycles. The van der Waals surface area contributed by atoms with Gasteiger partial charge in [-0.25, -0.2) is 0 Å². The molecule has 0 radical (unpaired) electrons. The summed E-state index contributed by atoms with van der Waals surface area (Å²) in [6.07, 6.45) is 0. The lowest BCUT2D eigenvalue weighted by molar-refractivity contribution is 0.733. The van der Waals surface area contributed by atoms with Crippen molar-refractivity contribution in [3.8, 4) is 0 Å². The number of anilines is 2. The lowest BCUT2D eigenvalue weighted by Gasteiger charge is -2.32. The topological polar surface area (TPSA) is 15.3 Å². The maximum Gasteiger partial charge on any atom is 0.0609 e. The Morgan fingerprint density at radius 3 is 2.00 bits per heavy atom. The lowest BCUT2D eigenvalue weighted by Crippen LogP contribution is -2.37. The van der Waals surface area contributed by atoms with Gasteiger partial charge >= 0.3 is 0 Å². The number of nitrogens with one attached hydrogen (secondary N) is 1. The Balaban J connectivity index is 2.34. The van der Waals surface area contributed by atoms with Gasteiger partial charge in [0.1, 0.15) is 0 Å². The molecule has 20 heavy (non-hydrogen) atoms. The molecule has 1 N–H and O–H groups in total. The van der Waals surface area contributed by atoms with Crippen molar-refractivity contribution < 1.29 is 0 Å². The van der Waals surface area contributed by atoms with Crippen LogP contribution in [0.3, 0.4) is 0 Å².